The molecule has 1 aliphatic rings. The zero-order chi connectivity index (χ0) is 13.3. The molecule has 0 aliphatic carbocycles. The van der Waals surface area contributed by atoms with E-state index in [0.717, 1.165) is 0 Å². The molecule has 0 saturated heterocycles. The SMILES string of the molecule is CC(C)(C)OC(=O)N1C(I)=COc2ccccc21. The molecule has 4 nitrogen and oxygen atoms in total. The summed E-state index contributed by atoms with van der Waals surface area (Å²) in [5.74, 6) is 0.642. The van der Waals surface area contributed by atoms with Crippen molar-refractivity contribution < 1.29 is 14.3 Å². The minimum Gasteiger partial charge on any atom is -0.460 e. The van der Waals surface area contributed by atoms with E-state index in [4.69, 9.17) is 9.47 Å². The van der Waals surface area contributed by atoms with Crippen molar-refractivity contribution >= 4 is 34.4 Å². The first kappa shape index (κ1) is 13.2. The molecule has 0 radical (unpaired) electrons. The maximum atomic E-state index is 12.2. The summed E-state index contributed by atoms with van der Waals surface area (Å²) in [6, 6.07) is 7.35. The molecule has 2 rings (SSSR count). The summed E-state index contributed by atoms with van der Waals surface area (Å²) in [6.07, 6.45) is 1.13. The standard InChI is InChI=1S/C13H14INO3/c1-13(2,3)18-12(16)15-9-6-4-5-7-10(9)17-8-11(15)14/h4-8H,1-3H3. The third-order valence-electron chi connectivity index (χ3n) is 2.18. The fourth-order valence-corrected chi connectivity index (χ4v) is 2.10. The highest BCUT2D eigenvalue weighted by molar-refractivity contribution is 14.1. The van der Waals surface area contributed by atoms with Crippen LogP contribution in [0.2, 0.25) is 0 Å². The van der Waals surface area contributed by atoms with Crippen LogP contribution in [0.25, 0.3) is 0 Å². The van der Waals surface area contributed by atoms with Crippen LogP contribution in [0.4, 0.5) is 10.5 Å². The molecule has 5 heteroatoms. The van der Waals surface area contributed by atoms with Crippen molar-refractivity contribution in [2.45, 2.75) is 26.4 Å². The van der Waals surface area contributed by atoms with Crippen molar-refractivity contribution in [1.82, 2.24) is 0 Å². The van der Waals surface area contributed by atoms with Gasteiger partial charge in [0.25, 0.3) is 0 Å². The van der Waals surface area contributed by atoms with Gasteiger partial charge in [-0.3, -0.25) is 0 Å². The van der Waals surface area contributed by atoms with Crippen LogP contribution in [0, 0.1) is 0 Å². The van der Waals surface area contributed by atoms with Gasteiger partial charge in [0.1, 0.15) is 15.6 Å². The van der Waals surface area contributed by atoms with Gasteiger partial charge < -0.3 is 9.47 Å². The van der Waals surface area contributed by atoms with Gasteiger partial charge in [0.05, 0.1) is 5.69 Å². The Kier molecular flexibility index (Phi) is 3.52. The van der Waals surface area contributed by atoms with Gasteiger partial charge in [0, 0.05) is 0 Å². The van der Waals surface area contributed by atoms with Crippen molar-refractivity contribution in [3.8, 4) is 5.75 Å². The fourth-order valence-electron chi connectivity index (χ4n) is 1.51. The molecule has 1 aromatic carbocycles. The number of hydrogen-bond donors (Lipinski definition) is 0. The van der Waals surface area contributed by atoms with E-state index in [1.54, 1.807) is 0 Å². The number of carbonyl (C=O) groups excluding carboxylic acids is 1. The molecule has 0 bridgehead atoms. The van der Waals surface area contributed by atoms with Crippen molar-refractivity contribution in [3.63, 3.8) is 0 Å². The van der Waals surface area contributed by atoms with Crippen molar-refractivity contribution in [1.29, 1.82) is 0 Å². The predicted octanol–water partition coefficient (Wildman–Crippen LogP) is 4.05. The van der Waals surface area contributed by atoms with E-state index in [-0.39, 0.29) is 0 Å². The maximum absolute atomic E-state index is 12.2. The second-order valence-electron chi connectivity index (χ2n) is 4.84. The Morgan fingerprint density at radius 3 is 2.67 bits per heavy atom. The number of rotatable bonds is 0. The highest BCUT2D eigenvalue weighted by Gasteiger charge is 2.29. The van der Waals surface area contributed by atoms with Crippen molar-refractivity contribution in [2.24, 2.45) is 0 Å². The summed E-state index contributed by atoms with van der Waals surface area (Å²) >= 11 is 2.04. The lowest BCUT2D eigenvalue weighted by atomic mass is 10.2. The number of amides is 1. The number of para-hydroxylation sites is 2. The van der Waals surface area contributed by atoms with Crippen LogP contribution in [0.1, 0.15) is 20.8 Å². The molecule has 0 N–H and O–H groups in total. The van der Waals surface area contributed by atoms with Gasteiger partial charge in [-0.25, -0.2) is 9.69 Å². The molecule has 0 unspecified atom stereocenters. The van der Waals surface area contributed by atoms with Crippen molar-refractivity contribution in [3.05, 3.63) is 34.2 Å². The molecule has 1 aliphatic heterocycles. The quantitative estimate of drug-likeness (QED) is 0.518. The van der Waals surface area contributed by atoms with E-state index < -0.39 is 11.7 Å². The average molecular weight is 359 g/mol. The highest BCUT2D eigenvalue weighted by Crippen LogP contribution is 2.37. The molecule has 1 amide bonds. The Morgan fingerprint density at radius 1 is 1.33 bits per heavy atom. The topological polar surface area (TPSA) is 38.8 Å². The lowest BCUT2D eigenvalue weighted by Crippen LogP contribution is -2.36. The number of fused-ring (bicyclic) bond motifs is 1. The van der Waals surface area contributed by atoms with Crippen molar-refractivity contribution in [2.75, 3.05) is 4.90 Å². The summed E-state index contributed by atoms with van der Waals surface area (Å²) in [6.45, 7) is 5.52. The first-order valence-electron chi connectivity index (χ1n) is 5.53. The van der Waals surface area contributed by atoms with Gasteiger partial charge in [0.15, 0.2) is 5.75 Å². The molecular weight excluding hydrogens is 345 g/mol. The molecule has 18 heavy (non-hydrogen) atoms. The Balaban J connectivity index is 2.33. The number of carbonyl (C=O) groups is 1. The number of hydrogen-bond acceptors (Lipinski definition) is 3. The number of ether oxygens (including phenoxy) is 2. The Morgan fingerprint density at radius 2 is 2.00 bits per heavy atom. The number of nitrogens with zero attached hydrogens (tertiary/aromatic N) is 1. The molecule has 0 spiro atoms. The van der Waals surface area contributed by atoms with Crippen LogP contribution in [0.15, 0.2) is 34.2 Å². The highest BCUT2D eigenvalue weighted by atomic mass is 127. The van der Waals surface area contributed by atoms with Gasteiger partial charge in [0.2, 0.25) is 0 Å². The predicted molar refractivity (Wildman–Crippen MR) is 77.9 cm³/mol. The normalized spacial score (nSPS) is 14.4. The molecule has 96 valence electrons. The summed E-state index contributed by atoms with van der Waals surface area (Å²) in [4.78, 5) is 13.7. The molecule has 1 heterocycles. The third-order valence-corrected chi connectivity index (χ3v) is 2.92. The van der Waals surface area contributed by atoms with Gasteiger partial charge in [-0.1, -0.05) is 12.1 Å². The van der Waals surface area contributed by atoms with Gasteiger partial charge in [-0.15, -0.1) is 0 Å². The first-order valence-corrected chi connectivity index (χ1v) is 6.61. The molecule has 0 aromatic heterocycles. The Hall–Kier alpha value is -1.24. The zero-order valence-corrected chi connectivity index (χ0v) is 12.6. The molecular formula is C13H14INO3. The third kappa shape index (κ3) is 2.77. The molecule has 0 atom stereocenters. The Bertz CT molecular complexity index is 505. The van der Waals surface area contributed by atoms with E-state index in [2.05, 4.69) is 0 Å². The smallest absolute Gasteiger partial charge is 0.420 e. The lowest BCUT2D eigenvalue weighted by molar-refractivity contribution is 0.0593. The van der Waals surface area contributed by atoms with Crippen LogP contribution < -0.4 is 9.64 Å². The number of benzene rings is 1. The second-order valence-corrected chi connectivity index (χ2v) is 5.95. The van der Waals surface area contributed by atoms with Gasteiger partial charge >= 0.3 is 6.09 Å². The van der Waals surface area contributed by atoms with Crippen LogP contribution in [-0.2, 0) is 4.74 Å². The largest absolute Gasteiger partial charge is 0.460 e. The van der Waals surface area contributed by atoms with E-state index in [0.29, 0.717) is 15.1 Å². The Labute approximate surface area is 120 Å². The fraction of sp³-hybridized carbons (Fsp3) is 0.308. The van der Waals surface area contributed by atoms with Crippen LogP contribution in [0.3, 0.4) is 0 Å². The number of anilines is 1. The van der Waals surface area contributed by atoms with Gasteiger partial charge in [-0.2, -0.15) is 0 Å². The average Bonchev–Trinajstić information content (AvgIpc) is 2.26. The zero-order valence-electron chi connectivity index (χ0n) is 10.4. The van der Waals surface area contributed by atoms with Crippen LogP contribution in [0.5, 0.6) is 5.75 Å². The van der Waals surface area contributed by atoms with Crippen LogP contribution >= 0.6 is 22.6 Å². The monoisotopic (exact) mass is 359 g/mol. The summed E-state index contributed by atoms with van der Waals surface area (Å²) in [5.41, 5.74) is 0.167. The van der Waals surface area contributed by atoms with E-state index in [1.807, 2.05) is 67.6 Å². The summed E-state index contributed by atoms with van der Waals surface area (Å²) in [5, 5.41) is 0. The van der Waals surface area contributed by atoms with E-state index >= 15 is 0 Å². The maximum Gasteiger partial charge on any atom is 0.420 e. The first-order chi connectivity index (χ1) is 8.38. The summed E-state index contributed by atoms with van der Waals surface area (Å²) < 4.78 is 11.5. The minimum atomic E-state index is -0.527. The molecule has 1 aromatic rings. The molecule has 0 fully saturated rings. The van der Waals surface area contributed by atoms with Gasteiger partial charge in [-0.05, 0) is 55.5 Å². The van der Waals surface area contributed by atoms with E-state index in [9.17, 15) is 4.79 Å². The molecule has 0 saturated carbocycles. The summed E-state index contributed by atoms with van der Waals surface area (Å²) in [7, 11) is 0. The van der Waals surface area contributed by atoms with Crippen LogP contribution in [-0.4, -0.2) is 11.7 Å². The number of halogens is 1. The van der Waals surface area contributed by atoms with E-state index in [1.165, 1.54) is 11.2 Å². The lowest BCUT2D eigenvalue weighted by Gasteiger charge is -2.29. The minimum absolute atomic E-state index is 0.404. The second kappa shape index (κ2) is 4.79.